The molecule has 3 heterocycles. The average molecular weight is 558 g/mol. The van der Waals surface area contributed by atoms with Gasteiger partial charge in [0, 0.05) is 63.3 Å². The Balaban J connectivity index is 0.000000934. The lowest BCUT2D eigenvalue weighted by molar-refractivity contribution is -0.141. The quantitative estimate of drug-likeness (QED) is 0.387. The lowest BCUT2D eigenvalue weighted by Crippen LogP contribution is -2.47. The first-order valence-corrected chi connectivity index (χ1v) is 13.9. The number of piperazine rings is 1. The van der Waals surface area contributed by atoms with E-state index in [2.05, 4.69) is 36.7 Å². The molecule has 1 saturated carbocycles. The largest absolute Gasteiger partial charge is 0.481 e. The van der Waals surface area contributed by atoms with Crippen LogP contribution in [-0.4, -0.2) is 79.2 Å². The first-order valence-electron chi connectivity index (χ1n) is 12.9. The van der Waals surface area contributed by atoms with Crippen LogP contribution in [0, 0.1) is 0 Å². The van der Waals surface area contributed by atoms with E-state index in [1.807, 2.05) is 25.7 Å². The van der Waals surface area contributed by atoms with Crippen molar-refractivity contribution in [3.05, 3.63) is 23.4 Å². The summed E-state index contributed by atoms with van der Waals surface area (Å²) in [5.41, 5.74) is -1.43. The third kappa shape index (κ3) is 8.29. The summed E-state index contributed by atoms with van der Waals surface area (Å²) in [6.45, 7) is 10.4. The first-order chi connectivity index (χ1) is 17.8. The van der Waals surface area contributed by atoms with E-state index in [1.54, 1.807) is 11.8 Å². The maximum atomic E-state index is 13.4. The fourth-order valence-corrected chi connectivity index (χ4v) is 5.04. The van der Waals surface area contributed by atoms with E-state index in [-0.39, 0.29) is 5.82 Å². The van der Waals surface area contributed by atoms with E-state index in [1.165, 1.54) is 19.3 Å². The number of thioether (sulfide) groups is 1. The zero-order valence-electron chi connectivity index (χ0n) is 22.8. The lowest BCUT2D eigenvalue weighted by Gasteiger charge is -2.36. The van der Waals surface area contributed by atoms with Crippen molar-refractivity contribution in [3.63, 3.8) is 0 Å². The van der Waals surface area contributed by atoms with Gasteiger partial charge in [-0.1, -0.05) is 39.0 Å². The highest BCUT2D eigenvalue weighted by molar-refractivity contribution is 7.99. The number of halogens is 3. The highest BCUT2D eigenvalue weighted by atomic mass is 32.2. The molecule has 0 bridgehead atoms. The predicted molar refractivity (Wildman–Crippen MR) is 141 cm³/mol. The van der Waals surface area contributed by atoms with Crippen LogP contribution in [0.25, 0.3) is 0 Å². The maximum Gasteiger partial charge on any atom is 0.433 e. The van der Waals surface area contributed by atoms with Crippen molar-refractivity contribution in [1.82, 2.24) is 29.6 Å². The molecule has 2 fully saturated rings. The minimum absolute atomic E-state index is 0.223. The molecule has 0 spiro atoms. The third-order valence-corrected chi connectivity index (χ3v) is 7.67. The minimum atomic E-state index is -4.49. The molecule has 2 aliphatic rings. The van der Waals surface area contributed by atoms with Crippen LogP contribution < -0.4 is 4.90 Å². The minimum Gasteiger partial charge on any atom is -0.481 e. The second kappa shape index (κ2) is 12.6. The Kier molecular flexibility index (Phi) is 10.0. The zero-order chi connectivity index (χ0) is 28.1. The Hall–Kier alpha value is -2.41. The van der Waals surface area contributed by atoms with Crippen molar-refractivity contribution in [1.29, 1.82) is 0 Å². The van der Waals surface area contributed by atoms with E-state index in [0.29, 0.717) is 24.8 Å². The Labute approximate surface area is 226 Å². The molecule has 1 aliphatic heterocycles. The number of nitrogens with zero attached hydrogens (tertiary/aromatic N) is 7. The van der Waals surface area contributed by atoms with Gasteiger partial charge in [-0.25, -0.2) is 9.97 Å². The van der Waals surface area contributed by atoms with Crippen molar-refractivity contribution >= 4 is 23.5 Å². The monoisotopic (exact) mass is 557 g/mol. The fraction of sp³-hybridized carbons (Fsp3) is 0.720. The van der Waals surface area contributed by atoms with Gasteiger partial charge in [-0.3, -0.25) is 9.69 Å². The van der Waals surface area contributed by atoms with E-state index in [9.17, 15) is 13.2 Å². The Morgan fingerprint density at radius 3 is 2.26 bits per heavy atom. The number of alkyl halides is 3. The van der Waals surface area contributed by atoms with E-state index < -0.39 is 23.3 Å². The van der Waals surface area contributed by atoms with Gasteiger partial charge in [-0.15, -0.1) is 10.2 Å². The van der Waals surface area contributed by atoms with E-state index >= 15 is 0 Å². The number of aliphatic carboxylic acids is 1. The SMILES string of the molecule is CC(=O)O.Cn1c(SCCCN2CCN(c3cc(C(F)(F)F)nc(C(C)(C)C)n3)CC2)nnc1C1CCC1. The molecule has 1 N–H and O–H groups in total. The summed E-state index contributed by atoms with van der Waals surface area (Å²) in [7, 11) is 2.05. The molecule has 0 radical (unpaired) electrons. The number of hydrogen-bond acceptors (Lipinski definition) is 8. The molecule has 4 rings (SSSR count). The molecule has 2 aromatic heterocycles. The predicted octanol–water partition coefficient (Wildman–Crippen LogP) is 4.58. The van der Waals surface area contributed by atoms with Gasteiger partial charge < -0.3 is 14.6 Å². The molecule has 0 atom stereocenters. The number of anilines is 1. The van der Waals surface area contributed by atoms with Gasteiger partial charge in [0.15, 0.2) is 5.16 Å². The topological polar surface area (TPSA) is 100 Å². The van der Waals surface area contributed by atoms with Gasteiger partial charge in [0.1, 0.15) is 23.2 Å². The molecular weight excluding hydrogens is 519 g/mol. The number of carboxylic acids is 1. The van der Waals surface area contributed by atoms with Crippen LogP contribution in [0.2, 0.25) is 0 Å². The molecule has 9 nitrogen and oxygen atoms in total. The first kappa shape index (κ1) is 30.1. The number of hydrogen-bond donors (Lipinski definition) is 1. The summed E-state index contributed by atoms with van der Waals surface area (Å²) >= 11 is 1.74. The summed E-state index contributed by atoms with van der Waals surface area (Å²) in [6, 6.07) is 1.08. The van der Waals surface area contributed by atoms with Crippen molar-refractivity contribution in [2.45, 2.75) is 76.0 Å². The zero-order valence-corrected chi connectivity index (χ0v) is 23.6. The van der Waals surface area contributed by atoms with Crippen LogP contribution in [0.3, 0.4) is 0 Å². The molecule has 1 aliphatic carbocycles. The highest BCUT2D eigenvalue weighted by Crippen LogP contribution is 2.36. The molecule has 2 aromatic rings. The summed E-state index contributed by atoms with van der Waals surface area (Å²) in [4.78, 5) is 21.6. The Morgan fingerprint density at radius 1 is 1.11 bits per heavy atom. The average Bonchev–Trinajstić information content (AvgIpc) is 3.14. The van der Waals surface area contributed by atoms with Crippen LogP contribution in [0.4, 0.5) is 19.0 Å². The molecule has 1 saturated heterocycles. The lowest BCUT2D eigenvalue weighted by atomic mass is 9.85. The smallest absolute Gasteiger partial charge is 0.433 e. The molecule has 38 heavy (non-hydrogen) atoms. The van der Waals surface area contributed by atoms with Gasteiger partial charge >= 0.3 is 6.18 Å². The van der Waals surface area contributed by atoms with Gasteiger partial charge in [0.25, 0.3) is 5.97 Å². The number of carbonyl (C=O) groups is 1. The fourth-order valence-electron chi connectivity index (χ4n) is 4.20. The normalized spacial score (nSPS) is 17.1. The second-order valence-corrected chi connectivity index (χ2v) is 11.8. The van der Waals surface area contributed by atoms with Gasteiger partial charge in [0.05, 0.1) is 0 Å². The van der Waals surface area contributed by atoms with Crippen molar-refractivity contribution < 1.29 is 23.1 Å². The molecule has 0 aromatic carbocycles. The standard InChI is InChI=1S/C23H34F3N7S.C2H4O2/c1-22(2,3)20-27-17(23(24,25)26)15-18(28-20)33-12-10-32(11-13-33)9-6-14-34-21-30-29-19(31(21)4)16-7-5-8-16;1-2(3)4/h15-16H,5-14H2,1-4H3;1H3,(H,3,4). The molecule has 13 heteroatoms. The third-order valence-electron chi connectivity index (χ3n) is 6.56. The van der Waals surface area contributed by atoms with Crippen LogP contribution in [-0.2, 0) is 23.4 Å². The Morgan fingerprint density at radius 2 is 1.74 bits per heavy atom. The van der Waals surface area contributed by atoms with Crippen LogP contribution in [0.5, 0.6) is 0 Å². The van der Waals surface area contributed by atoms with Crippen LogP contribution in [0.1, 0.15) is 76.6 Å². The van der Waals surface area contributed by atoms with Crippen molar-refractivity contribution in [2.24, 2.45) is 7.05 Å². The maximum absolute atomic E-state index is 13.4. The number of aromatic nitrogens is 5. The van der Waals surface area contributed by atoms with E-state index in [4.69, 9.17) is 9.90 Å². The summed E-state index contributed by atoms with van der Waals surface area (Å²) in [5.74, 6) is 2.41. The van der Waals surface area contributed by atoms with Gasteiger partial charge in [-0.2, -0.15) is 13.2 Å². The van der Waals surface area contributed by atoms with Gasteiger partial charge in [0.2, 0.25) is 0 Å². The summed E-state index contributed by atoms with van der Waals surface area (Å²) in [6.07, 6.45) is 0.250. The second-order valence-electron chi connectivity index (χ2n) is 10.8. The molecular formula is C25H38F3N7O2S. The van der Waals surface area contributed by atoms with Crippen LogP contribution >= 0.6 is 11.8 Å². The van der Waals surface area contributed by atoms with Crippen molar-refractivity contribution in [2.75, 3.05) is 43.4 Å². The summed E-state index contributed by atoms with van der Waals surface area (Å²) < 4.78 is 42.4. The van der Waals surface area contributed by atoms with Crippen molar-refractivity contribution in [3.8, 4) is 0 Å². The molecule has 0 amide bonds. The molecule has 212 valence electrons. The highest BCUT2D eigenvalue weighted by Gasteiger charge is 2.36. The number of carboxylic acid groups (broad SMARTS) is 1. The summed E-state index contributed by atoms with van der Waals surface area (Å²) in [5, 5.41) is 17.1. The molecule has 0 unspecified atom stereocenters. The Bertz CT molecular complexity index is 1040. The van der Waals surface area contributed by atoms with Gasteiger partial charge in [-0.05, 0) is 25.8 Å². The van der Waals surface area contributed by atoms with E-state index in [0.717, 1.165) is 55.8 Å². The van der Waals surface area contributed by atoms with Crippen LogP contribution in [0.15, 0.2) is 11.2 Å². The number of rotatable bonds is 7.